The third-order valence-electron chi connectivity index (χ3n) is 12.9. The topological polar surface area (TPSA) is 165 Å². The molecule has 63 heavy (non-hydrogen) atoms. The van der Waals surface area contributed by atoms with Gasteiger partial charge in [-0.2, -0.15) is 0 Å². The molecule has 0 spiro atoms. The molecule has 2 aromatic heterocycles. The van der Waals surface area contributed by atoms with E-state index in [-0.39, 0.29) is 19.1 Å². The highest BCUT2D eigenvalue weighted by molar-refractivity contribution is 5.95. The highest BCUT2D eigenvalue weighted by Crippen LogP contribution is 2.42. The standard InChI is InChI=1S/C48H70N8O7/c1-9-55-41-15-14-32(33-12-10-16-52(26-33)28-40(50-46(61)63-47(4,5)6)44(58)56-17-11-13-39(51-56)45(59)60)22-36(41)38(24-48(7,8)30-57)43(55)37-23-34(25-49-42(37)31(2)3)54-19-18-53-20-21-62-29-35(53)27-54/h12,14-15,22-23,25,31,35,39-40,51,57H,9-11,13,16-21,24,26-30H2,1-8H3,(H,50,61)(H,59,60)/t35-,39-,40-/m0/s1. The van der Waals surface area contributed by atoms with Gasteiger partial charge >= 0.3 is 12.1 Å². The number of hydrogen-bond acceptors (Lipinski definition) is 11. The zero-order valence-electron chi connectivity index (χ0n) is 38.7. The second-order valence-corrected chi connectivity index (χ2v) is 19.9. The molecule has 6 heterocycles. The maximum atomic E-state index is 14.1. The molecule has 0 radical (unpaired) electrons. The first kappa shape index (κ1) is 46.5. The SMILES string of the molecule is CCn1c(-c2cc(N3CCN4CCOC[C@@H]4C3)cnc2C(C)C)c(CC(C)(C)CO)c2cc(C3=CCCN(C[C@H](NC(=O)OC(C)(C)C)C(=O)N4CCC[C@@H](C(=O)O)N4)C3)ccc21. The first-order chi connectivity index (χ1) is 29.9. The van der Waals surface area contributed by atoms with Crippen LogP contribution in [0.5, 0.6) is 0 Å². The molecule has 15 nitrogen and oxygen atoms in total. The molecule has 2 amide bonds. The number of carbonyl (C=O) groups excluding carboxylic acids is 2. The summed E-state index contributed by atoms with van der Waals surface area (Å²) in [5.41, 5.74) is 10.6. The minimum atomic E-state index is -1.02. The molecule has 4 aliphatic rings. The molecule has 7 rings (SSSR count). The summed E-state index contributed by atoms with van der Waals surface area (Å²) in [6.45, 7) is 24.0. The number of nitrogens with zero attached hydrogens (tertiary/aromatic N) is 6. The highest BCUT2D eigenvalue weighted by atomic mass is 16.6. The van der Waals surface area contributed by atoms with Crippen LogP contribution in [0.3, 0.4) is 0 Å². The van der Waals surface area contributed by atoms with Gasteiger partial charge in [-0.1, -0.05) is 39.8 Å². The number of carbonyl (C=O) groups is 3. The molecule has 4 N–H and O–H groups in total. The number of anilines is 1. The summed E-state index contributed by atoms with van der Waals surface area (Å²) in [4.78, 5) is 51.4. The van der Waals surface area contributed by atoms with Gasteiger partial charge in [0.05, 0.1) is 42.5 Å². The van der Waals surface area contributed by atoms with Crippen LogP contribution in [0.4, 0.5) is 10.5 Å². The average Bonchev–Trinajstić information content (AvgIpc) is 3.56. The number of alkyl carbamates (subject to hydrolysis) is 1. The Balaban J connectivity index is 1.22. The number of ether oxygens (including phenoxy) is 2. The molecule has 4 aliphatic heterocycles. The number of aliphatic hydroxyl groups excluding tert-OH is 1. The smallest absolute Gasteiger partial charge is 0.408 e. The van der Waals surface area contributed by atoms with E-state index in [1.54, 1.807) is 20.8 Å². The lowest BCUT2D eigenvalue weighted by atomic mass is 9.84. The lowest BCUT2D eigenvalue weighted by Crippen LogP contribution is -2.62. The van der Waals surface area contributed by atoms with Gasteiger partial charge in [0.2, 0.25) is 0 Å². The maximum absolute atomic E-state index is 14.1. The lowest BCUT2D eigenvalue weighted by molar-refractivity contribution is -0.148. The lowest BCUT2D eigenvalue weighted by Gasteiger charge is -2.44. The molecule has 0 aliphatic carbocycles. The van der Waals surface area contributed by atoms with Gasteiger partial charge in [0.15, 0.2) is 0 Å². The molecule has 3 aromatic rings. The summed E-state index contributed by atoms with van der Waals surface area (Å²) in [6, 6.07) is 7.55. The van der Waals surface area contributed by atoms with Gasteiger partial charge in [0, 0.05) is 82.0 Å². The normalized spacial score (nSPS) is 21.0. The van der Waals surface area contributed by atoms with E-state index in [4.69, 9.17) is 14.5 Å². The number of hydrogen-bond donors (Lipinski definition) is 4. The number of piperazine rings is 1. The Labute approximate surface area is 372 Å². The minimum Gasteiger partial charge on any atom is -0.480 e. The molecule has 1 aromatic carbocycles. The number of aliphatic hydroxyl groups is 1. The molecule has 3 saturated heterocycles. The number of hydrazine groups is 1. The van der Waals surface area contributed by atoms with E-state index in [9.17, 15) is 24.6 Å². The number of nitrogens with one attached hydrogen (secondary N) is 2. The summed E-state index contributed by atoms with van der Waals surface area (Å²) < 4.78 is 13.9. The van der Waals surface area contributed by atoms with Gasteiger partial charge in [-0.05, 0) is 99.6 Å². The van der Waals surface area contributed by atoms with E-state index in [2.05, 4.69) is 95.0 Å². The number of aryl methyl sites for hydroxylation is 1. The Kier molecular flexibility index (Phi) is 14.2. The number of carboxylic acid groups (broad SMARTS) is 1. The maximum Gasteiger partial charge on any atom is 0.408 e. The number of amides is 2. The molecule has 0 bridgehead atoms. The van der Waals surface area contributed by atoms with Crippen LogP contribution in [-0.2, 0) is 32.0 Å². The Hall–Kier alpha value is -4.54. The van der Waals surface area contributed by atoms with Crippen LogP contribution >= 0.6 is 0 Å². The molecule has 3 fully saturated rings. The van der Waals surface area contributed by atoms with E-state index in [0.717, 1.165) is 97.0 Å². The summed E-state index contributed by atoms with van der Waals surface area (Å²) >= 11 is 0. The monoisotopic (exact) mass is 871 g/mol. The van der Waals surface area contributed by atoms with Gasteiger partial charge in [0.1, 0.15) is 17.7 Å². The van der Waals surface area contributed by atoms with Crippen molar-refractivity contribution in [3.05, 3.63) is 53.4 Å². The molecular weight excluding hydrogens is 801 g/mol. The van der Waals surface area contributed by atoms with Crippen LogP contribution in [0.2, 0.25) is 0 Å². The summed E-state index contributed by atoms with van der Waals surface area (Å²) in [6.07, 6.45) is 5.94. The van der Waals surface area contributed by atoms with Crippen molar-refractivity contribution in [2.75, 3.05) is 77.1 Å². The fourth-order valence-electron chi connectivity index (χ4n) is 9.62. The van der Waals surface area contributed by atoms with Crippen LogP contribution in [0, 0.1) is 5.41 Å². The third-order valence-corrected chi connectivity index (χ3v) is 12.9. The van der Waals surface area contributed by atoms with Crippen molar-refractivity contribution < 1.29 is 34.1 Å². The Bertz CT molecular complexity index is 2180. The van der Waals surface area contributed by atoms with E-state index >= 15 is 0 Å². The van der Waals surface area contributed by atoms with Crippen LogP contribution in [0.15, 0.2) is 36.5 Å². The van der Waals surface area contributed by atoms with Crippen LogP contribution < -0.4 is 15.6 Å². The zero-order chi connectivity index (χ0) is 45.2. The van der Waals surface area contributed by atoms with Crippen molar-refractivity contribution in [2.45, 2.75) is 117 Å². The van der Waals surface area contributed by atoms with Gasteiger partial charge in [-0.15, -0.1) is 0 Å². The zero-order valence-corrected chi connectivity index (χ0v) is 38.7. The van der Waals surface area contributed by atoms with E-state index < -0.39 is 41.1 Å². The first-order valence-corrected chi connectivity index (χ1v) is 23.0. The summed E-state index contributed by atoms with van der Waals surface area (Å²) in [5.74, 6) is -1.25. The molecule has 344 valence electrons. The van der Waals surface area contributed by atoms with E-state index in [1.165, 1.54) is 10.6 Å². The Morgan fingerprint density at radius 2 is 1.86 bits per heavy atom. The fourth-order valence-corrected chi connectivity index (χ4v) is 9.62. The molecular formula is C48H70N8O7. The second-order valence-electron chi connectivity index (χ2n) is 19.9. The number of aromatic nitrogens is 2. The van der Waals surface area contributed by atoms with Crippen LogP contribution in [0.1, 0.15) is 97.4 Å². The molecule has 15 heteroatoms. The van der Waals surface area contributed by atoms with Gasteiger partial charge in [-0.3, -0.25) is 29.4 Å². The first-order valence-electron chi connectivity index (χ1n) is 23.0. The van der Waals surface area contributed by atoms with Crippen LogP contribution in [-0.4, -0.2) is 148 Å². The average molecular weight is 871 g/mol. The number of carboxylic acids is 1. The number of pyridine rings is 1. The number of benzene rings is 1. The van der Waals surface area contributed by atoms with E-state index in [1.807, 2.05) is 6.20 Å². The molecule has 0 saturated carbocycles. The van der Waals surface area contributed by atoms with Gasteiger partial charge in [-0.25, -0.2) is 10.2 Å². The number of morpholine rings is 1. The van der Waals surface area contributed by atoms with Gasteiger partial charge < -0.3 is 34.5 Å². The summed E-state index contributed by atoms with van der Waals surface area (Å²) in [7, 11) is 0. The predicted molar refractivity (Wildman–Crippen MR) is 246 cm³/mol. The second kappa shape index (κ2) is 19.3. The van der Waals surface area contributed by atoms with Gasteiger partial charge in [0.25, 0.3) is 5.91 Å². The third kappa shape index (κ3) is 10.7. The quantitative estimate of drug-likeness (QED) is 0.171. The predicted octanol–water partition coefficient (Wildman–Crippen LogP) is 5.49. The fraction of sp³-hybridized carbons (Fsp3) is 0.625. The molecule has 0 unspecified atom stereocenters. The molecule has 3 atom stereocenters. The number of aliphatic carboxylic acids is 1. The highest BCUT2D eigenvalue weighted by Gasteiger charge is 2.36. The Morgan fingerprint density at radius 1 is 1.06 bits per heavy atom. The van der Waals surface area contributed by atoms with Crippen LogP contribution in [0.25, 0.3) is 27.7 Å². The van der Waals surface area contributed by atoms with Crippen molar-refractivity contribution >= 4 is 40.1 Å². The number of rotatable bonds is 13. The van der Waals surface area contributed by atoms with Crippen molar-refractivity contribution in [1.82, 2.24) is 35.1 Å². The van der Waals surface area contributed by atoms with E-state index in [0.29, 0.717) is 44.9 Å². The largest absolute Gasteiger partial charge is 0.480 e. The minimum absolute atomic E-state index is 0.0369. The van der Waals surface area contributed by atoms with Crippen molar-refractivity contribution in [1.29, 1.82) is 0 Å². The Morgan fingerprint density at radius 3 is 2.57 bits per heavy atom. The van der Waals surface area contributed by atoms with Crippen molar-refractivity contribution in [3.8, 4) is 11.3 Å². The van der Waals surface area contributed by atoms with Crippen molar-refractivity contribution in [2.24, 2.45) is 5.41 Å². The number of fused-ring (bicyclic) bond motifs is 2. The van der Waals surface area contributed by atoms with Crippen molar-refractivity contribution in [3.63, 3.8) is 0 Å². The summed E-state index contributed by atoms with van der Waals surface area (Å²) in [5, 5.41) is 25.7.